The van der Waals surface area contributed by atoms with Crippen molar-refractivity contribution >= 4 is 5.97 Å². The van der Waals surface area contributed by atoms with E-state index in [9.17, 15) is 4.79 Å². The topological polar surface area (TPSA) is 26.3 Å². The lowest BCUT2D eigenvalue weighted by molar-refractivity contribution is -0.186. The average Bonchev–Trinajstić information content (AvgIpc) is 2.39. The second-order valence-corrected chi connectivity index (χ2v) is 5.10. The molecule has 2 unspecified atom stereocenters. The van der Waals surface area contributed by atoms with Crippen LogP contribution in [0.25, 0.3) is 0 Å². The van der Waals surface area contributed by atoms with E-state index in [2.05, 4.69) is 31.2 Å². The van der Waals surface area contributed by atoms with Crippen molar-refractivity contribution in [2.45, 2.75) is 51.6 Å². The van der Waals surface area contributed by atoms with E-state index in [4.69, 9.17) is 4.74 Å². The normalized spacial score (nSPS) is 22.4. The van der Waals surface area contributed by atoms with Crippen molar-refractivity contribution in [2.75, 3.05) is 0 Å². The van der Waals surface area contributed by atoms with Crippen molar-refractivity contribution in [3.05, 3.63) is 35.9 Å². The van der Waals surface area contributed by atoms with Crippen LogP contribution in [0.1, 0.15) is 44.6 Å². The number of carbonyl (C=O) groups is 1. The molecule has 0 aliphatic carbocycles. The van der Waals surface area contributed by atoms with Crippen LogP contribution in [0, 0.1) is 5.92 Å². The molecular weight excluding hydrogens is 224 g/mol. The zero-order valence-electron chi connectivity index (χ0n) is 11.1. The minimum absolute atomic E-state index is 0.0214. The van der Waals surface area contributed by atoms with Gasteiger partial charge in [0.25, 0.3) is 0 Å². The van der Waals surface area contributed by atoms with Crippen LogP contribution in [0.15, 0.2) is 30.3 Å². The summed E-state index contributed by atoms with van der Waals surface area (Å²) in [7, 11) is 0. The number of hydrogen-bond donors (Lipinski definition) is 0. The van der Waals surface area contributed by atoms with Gasteiger partial charge in [0.15, 0.2) is 0 Å². The van der Waals surface area contributed by atoms with Crippen LogP contribution in [0.2, 0.25) is 0 Å². The van der Waals surface area contributed by atoms with Crippen LogP contribution in [0.3, 0.4) is 0 Å². The molecular formula is C16H22O2. The number of cyclic esters (lactones) is 1. The van der Waals surface area contributed by atoms with Crippen molar-refractivity contribution in [2.24, 2.45) is 5.92 Å². The predicted molar refractivity (Wildman–Crippen MR) is 72.3 cm³/mol. The minimum atomic E-state index is 0.0214. The van der Waals surface area contributed by atoms with Gasteiger partial charge in [0.2, 0.25) is 0 Å². The van der Waals surface area contributed by atoms with E-state index in [1.807, 2.05) is 6.07 Å². The van der Waals surface area contributed by atoms with Crippen LogP contribution in [0.4, 0.5) is 0 Å². The number of esters is 1. The molecule has 1 aromatic rings. The summed E-state index contributed by atoms with van der Waals surface area (Å²) in [5.74, 6) is 0.203. The lowest BCUT2D eigenvalue weighted by Gasteiger charge is -2.35. The van der Waals surface area contributed by atoms with Crippen LogP contribution in [0.5, 0.6) is 0 Å². The fourth-order valence-electron chi connectivity index (χ4n) is 2.58. The Balaban J connectivity index is 1.65. The Morgan fingerprint density at radius 2 is 1.89 bits per heavy atom. The molecule has 1 aliphatic heterocycles. The van der Waals surface area contributed by atoms with Crippen molar-refractivity contribution < 1.29 is 9.53 Å². The van der Waals surface area contributed by atoms with Gasteiger partial charge in [-0.05, 0) is 31.2 Å². The van der Waals surface area contributed by atoms with E-state index in [0.29, 0.717) is 0 Å². The van der Waals surface area contributed by atoms with E-state index < -0.39 is 0 Å². The van der Waals surface area contributed by atoms with Gasteiger partial charge in [-0.25, -0.2) is 0 Å². The van der Waals surface area contributed by atoms with Gasteiger partial charge in [-0.3, -0.25) is 4.79 Å². The zero-order chi connectivity index (χ0) is 12.8. The molecule has 1 saturated heterocycles. The van der Waals surface area contributed by atoms with E-state index in [1.54, 1.807) is 0 Å². The number of hydrogen-bond acceptors (Lipinski definition) is 2. The highest BCUT2D eigenvalue weighted by molar-refractivity contribution is 5.78. The first-order valence-corrected chi connectivity index (χ1v) is 7.05. The molecule has 1 fully saturated rings. The van der Waals surface area contributed by atoms with E-state index in [1.165, 1.54) is 5.56 Å². The fraction of sp³-hybridized carbons (Fsp3) is 0.562. The van der Waals surface area contributed by atoms with E-state index in [0.717, 1.165) is 38.5 Å². The molecule has 2 nitrogen and oxygen atoms in total. The smallest absolute Gasteiger partial charge is 0.313 e. The first-order valence-electron chi connectivity index (χ1n) is 7.05. The fourth-order valence-corrected chi connectivity index (χ4v) is 2.58. The maximum absolute atomic E-state index is 11.4. The quantitative estimate of drug-likeness (QED) is 0.541. The number of unbranched alkanes of at least 4 members (excludes halogenated alkanes) is 1. The van der Waals surface area contributed by atoms with Crippen molar-refractivity contribution in [3.63, 3.8) is 0 Å². The summed E-state index contributed by atoms with van der Waals surface area (Å²) in [5.41, 5.74) is 1.39. The number of ether oxygens (including phenoxy) is 1. The summed E-state index contributed by atoms with van der Waals surface area (Å²) in [4.78, 5) is 11.4. The summed E-state index contributed by atoms with van der Waals surface area (Å²) in [6.45, 7) is 2.14. The van der Waals surface area contributed by atoms with Crippen molar-refractivity contribution in [1.82, 2.24) is 0 Å². The third-order valence-electron chi connectivity index (χ3n) is 3.67. The van der Waals surface area contributed by atoms with Gasteiger partial charge in [-0.15, -0.1) is 0 Å². The van der Waals surface area contributed by atoms with Crippen molar-refractivity contribution in [3.8, 4) is 0 Å². The maximum atomic E-state index is 11.4. The third kappa shape index (κ3) is 3.34. The first-order chi connectivity index (χ1) is 8.81. The Morgan fingerprint density at radius 1 is 1.11 bits per heavy atom. The van der Waals surface area contributed by atoms with Gasteiger partial charge in [0.1, 0.15) is 6.10 Å². The van der Waals surface area contributed by atoms with Crippen LogP contribution in [-0.2, 0) is 16.0 Å². The van der Waals surface area contributed by atoms with Gasteiger partial charge < -0.3 is 4.74 Å². The number of rotatable bonds is 7. The molecule has 18 heavy (non-hydrogen) atoms. The second-order valence-electron chi connectivity index (χ2n) is 5.10. The Kier molecular flexibility index (Phi) is 4.80. The SMILES string of the molecule is CCCC1OC(=O)C1CCCCc1ccccc1. The molecule has 0 aromatic heterocycles. The Morgan fingerprint density at radius 3 is 2.56 bits per heavy atom. The molecule has 1 aromatic carbocycles. The highest BCUT2D eigenvalue weighted by Gasteiger charge is 2.40. The molecule has 2 atom stereocenters. The van der Waals surface area contributed by atoms with Crippen LogP contribution >= 0.6 is 0 Å². The Hall–Kier alpha value is -1.31. The number of aryl methyl sites for hydroxylation is 1. The van der Waals surface area contributed by atoms with Gasteiger partial charge in [0.05, 0.1) is 5.92 Å². The lowest BCUT2D eigenvalue weighted by Crippen LogP contribution is -2.44. The molecule has 1 heterocycles. The van der Waals surface area contributed by atoms with Crippen molar-refractivity contribution in [1.29, 1.82) is 0 Å². The molecule has 0 saturated carbocycles. The lowest BCUT2D eigenvalue weighted by atomic mass is 9.88. The molecule has 2 heteroatoms. The molecule has 0 radical (unpaired) electrons. The Labute approximate surface area is 109 Å². The minimum Gasteiger partial charge on any atom is -0.461 e. The molecule has 0 spiro atoms. The zero-order valence-corrected chi connectivity index (χ0v) is 11.1. The highest BCUT2D eigenvalue weighted by Crippen LogP contribution is 2.30. The third-order valence-corrected chi connectivity index (χ3v) is 3.67. The molecule has 98 valence electrons. The molecule has 0 N–H and O–H groups in total. The number of carbonyl (C=O) groups excluding carboxylic acids is 1. The van der Waals surface area contributed by atoms with Gasteiger partial charge >= 0.3 is 5.97 Å². The van der Waals surface area contributed by atoms with E-state index in [-0.39, 0.29) is 18.0 Å². The van der Waals surface area contributed by atoms with E-state index >= 15 is 0 Å². The Bertz CT molecular complexity index is 372. The maximum Gasteiger partial charge on any atom is 0.313 e. The molecule has 1 aliphatic rings. The van der Waals surface area contributed by atoms with Gasteiger partial charge in [0, 0.05) is 0 Å². The summed E-state index contributed by atoms with van der Waals surface area (Å²) in [5, 5.41) is 0. The monoisotopic (exact) mass is 246 g/mol. The summed E-state index contributed by atoms with van der Waals surface area (Å²) >= 11 is 0. The standard InChI is InChI=1S/C16H22O2/c1-2-8-15-14(16(17)18-15)12-7-6-11-13-9-4-3-5-10-13/h3-5,9-10,14-15H,2,6-8,11-12H2,1H3. The summed E-state index contributed by atoms with van der Waals surface area (Å²) in [6, 6.07) is 10.5. The van der Waals surface area contributed by atoms with Gasteiger partial charge in [-0.1, -0.05) is 50.1 Å². The van der Waals surface area contributed by atoms with Gasteiger partial charge in [-0.2, -0.15) is 0 Å². The predicted octanol–water partition coefficient (Wildman–Crippen LogP) is 3.74. The largest absolute Gasteiger partial charge is 0.461 e. The summed E-state index contributed by atoms with van der Waals surface area (Å²) in [6.07, 6.45) is 6.71. The summed E-state index contributed by atoms with van der Waals surface area (Å²) < 4.78 is 5.17. The molecule has 2 rings (SSSR count). The number of benzene rings is 1. The highest BCUT2D eigenvalue weighted by atomic mass is 16.6. The second kappa shape index (κ2) is 6.58. The average molecular weight is 246 g/mol. The molecule has 0 bridgehead atoms. The molecule has 0 amide bonds. The first kappa shape index (κ1) is 13.1. The van der Waals surface area contributed by atoms with Crippen LogP contribution < -0.4 is 0 Å². The van der Waals surface area contributed by atoms with Crippen LogP contribution in [-0.4, -0.2) is 12.1 Å².